The molecule has 100 valence electrons. The van der Waals surface area contributed by atoms with Crippen LogP contribution in [0.4, 0.5) is 0 Å². The van der Waals surface area contributed by atoms with Crippen molar-refractivity contribution in [3.8, 4) is 5.75 Å². The second-order valence-electron chi connectivity index (χ2n) is 3.48. The number of hydrogen-bond acceptors (Lipinski definition) is 5. The molecule has 0 amide bonds. The Bertz CT molecular complexity index is 369. The second kappa shape index (κ2) is 8.43. The molecule has 0 unspecified atom stereocenters. The lowest BCUT2D eigenvalue weighted by molar-refractivity contribution is 0.0637. The van der Waals surface area contributed by atoms with Crippen LogP contribution in [-0.2, 0) is 9.47 Å². The van der Waals surface area contributed by atoms with E-state index in [4.69, 9.17) is 19.3 Å². The van der Waals surface area contributed by atoms with Crippen LogP contribution in [0.3, 0.4) is 0 Å². The Morgan fingerprint density at radius 2 is 2.17 bits per heavy atom. The number of pyridine rings is 1. The standard InChI is InChI=1S/C12H17NO5/c1-16-7-8-17-5-2-6-18-11-3-4-13-9-10(11)12(14)15/h3-4,9H,2,5-8H2,1H3,(H,14,15). The van der Waals surface area contributed by atoms with Crippen molar-refractivity contribution in [2.45, 2.75) is 6.42 Å². The molecule has 0 aliphatic rings. The summed E-state index contributed by atoms with van der Waals surface area (Å²) in [5, 5.41) is 8.91. The zero-order valence-corrected chi connectivity index (χ0v) is 10.3. The first-order valence-electron chi connectivity index (χ1n) is 5.62. The first-order chi connectivity index (χ1) is 8.75. The van der Waals surface area contributed by atoms with Crippen molar-refractivity contribution < 1.29 is 24.1 Å². The molecule has 0 fully saturated rings. The zero-order chi connectivity index (χ0) is 13.2. The fourth-order valence-electron chi connectivity index (χ4n) is 1.26. The molecule has 0 saturated carbocycles. The molecule has 6 heteroatoms. The van der Waals surface area contributed by atoms with Crippen molar-refractivity contribution >= 4 is 5.97 Å². The summed E-state index contributed by atoms with van der Waals surface area (Å²) in [7, 11) is 1.61. The molecule has 18 heavy (non-hydrogen) atoms. The first kappa shape index (κ1) is 14.4. The van der Waals surface area contributed by atoms with Gasteiger partial charge in [-0.2, -0.15) is 0 Å². The first-order valence-corrected chi connectivity index (χ1v) is 5.62. The summed E-state index contributed by atoms with van der Waals surface area (Å²) >= 11 is 0. The Hall–Kier alpha value is -1.66. The molecule has 1 aromatic rings. The molecule has 1 rings (SSSR count). The van der Waals surface area contributed by atoms with E-state index < -0.39 is 5.97 Å². The number of rotatable bonds is 9. The molecule has 0 aromatic carbocycles. The summed E-state index contributed by atoms with van der Waals surface area (Å²) in [6, 6.07) is 1.54. The van der Waals surface area contributed by atoms with Crippen LogP contribution < -0.4 is 4.74 Å². The molecular weight excluding hydrogens is 238 g/mol. The summed E-state index contributed by atoms with van der Waals surface area (Å²) in [6.45, 7) is 2.06. The number of methoxy groups -OCH3 is 1. The van der Waals surface area contributed by atoms with Gasteiger partial charge in [-0.05, 0) is 6.07 Å². The number of hydrogen-bond donors (Lipinski definition) is 1. The monoisotopic (exact) mass is 255 g/mol. The van der Waals surface area contributed by atoms with Crippen molar-refractivity contribution in [2.24, 2.45) is 0 Å². The molecule has 0 atom stereocenters. The van der Waals surface area contributed by atoms with Crippen LogP contribution in [0.2, 0.25) is 0 Å². The van der Waals surface area contributed by atoms with E-state index in [-0.39, 0.29) is 5.56 Å². The molecule has 0 radical (unpaired) electrons. The molecular formula is C12H17NO5. The van der Waals surface area contributed by atoms with E-state index >= 15 is 0 Å². The predicted octanol–water partition coefficient (Wildman–Crippen LogP) is 1.21. The smallest absolute Gasteiger partial charge is 0.341 e. The highest BCUT2D eigenvalue weighted by Gasteiger charge is 2.10. The third kappa shape index (κ3) is 5.11. The van der Waals surface area contributed by atoms with Gasteiger partial charge in [0.15, 0.2) is 0 Å². The van der Waals surface area contributed by atoms with E-state index in [1.54, 1.807) is 7.11 Å². The summed E-state index contributed by atoms with van der Waals surface area (Å²) in [4.78, 5) is 14.6. The van der Waals surface area contributed by atoms with Crippen LogP contribution in [0.15, 0.2) is 18.5 Å². The van der Waals surface area contributed by atoms with E-state index in [1.165, 1.54) is 18.5 Å². The van der Waals surface area contributed by atoms with E-state index in [1.807, 2.05) is 0 Å². The molecule has 0 aliphatic heterocycles. The fraction of sp³-hybridized carbons (Fsp3) is 0.500. The van der Waals surface area contributed by atoms with E-state index in [0.29, 0.717) is 38.6 Å². The largest absolute Gasteiger partial charge is 0.492 e. The average Bonchev–Trinajstić information content (AvgIpc) is 2.38. The Labute approximate surface area is 106 Å². The number of carboxylic acids is 1. The predicted molar refractivity (Wildman–Crippen MR) is 64.0 cm³/mol. The number of aromatic nitrogens is 1. The lowest BCUT2D eigenvalue weighted by atomic mass is 10.2. The van der Waals surface area contributed by atoms with E-state index in [0.717, 1.165) is 0 Å². The van der Waals surface area contributed by atoms with Gasteiger partial charge in [-0.1, -0.05) is 0 Å². The van der Waals surface area contributed by atoms with Gasteiger partial charge in [0.1, 0.15) is 11.3 Å². The maximum absolute atomic E-state index is 10.9. The van der Waals surface area contributed by atoms with Gasteiger partial charge in [0.2, 0.25) is 0 Å². The van der Waals surface area contributed by atoms with Gasteiger partial charge >= 0.3 is 5.97 Å². The summed E-state index contributed by atoms with van der Waals surface area (Å²) in [6.07, 6.45) is 3.45. The quantitative estimate of drug-likeness (QED) is 0.668. The number of carboxylic acid groups (broad SMARTS) is 1. The number of carbonyl (C=O) groups is 1. The van der Waals surface area contributed by atoms with Gasteiger partial charge in [0.25, 0.3) is 0 Å². The number of ether oxygens (including phenoxy) is 3. The normalized spacial score (nSPS) is 10.3. The maximum atomic E-state index is 10.9. The minimum Gasteiger partial charge on any atom is -0.492 e. The summed E-state index contributed by atoms with van der Waals surface area (Å²) in [5.41, 5.74) is 0.0674. The third-order valence-electron chi connectivity index (χ3n) is 2.13. The maximum Gasteiger partial charge on any atom is 0.341 e. The molecule has 0 bridgehead atoms. The summed E-state index contributed by atoms with van der Waals surface area (Å²) in [5.74, 6) is -0.719. The average molecular weight is 255 g/mol. The van der Waals surface area contributed by atoms with Crippen molar-refractivity contribution in [1.82, 2.24) is 4.98 Å². The van der Waals surface area contributed by atoms with Gasteiger partial charge in [0, 0.05) is 32.5 Å². The molecule has 0 aliphatic carbocycles. The topological polar surface area (TPSA) is 77.9 Å². The van der Waals surface area contributed by atoms with Crippen LogP contribution in [0, 0.1) is 0 Å². The van der Waals surface area contributed by atoms with Crippen LogP contribution in [0.1, 0.15) is 16.8 Å². The van der Waals surface area contributed by atoms with Gasteiger partial charge in [-0.3, -0.25) is 4.98 Å². The lowest BCUT2D eigenvalue weighted by Crippen LogP contribution is -2.08. The highest BCUT2D eigenvalue weighted by Crippen LogP contribution is 2.16. The second-order valence-corrected chi connectivity index (χ2v) is 3.48. The molecule has 0 spiro atoms. The molecule has 6 nitrogen and oxygen atoms in total. The fourth-order valence-corrected chi connectivity index (χ4v) is 1.26. The Kier molecular flexibility index (Phi) is 6.75. The van der Waals surface area contributed by atoms with Crippen molar-refractivity contribution in [3.63, 3.8) is 0 Å². The minimum atomic E-state index is -1.05. The van der Waals surface area contributed by atoms with E-state index in [2.05, 4.69) is 4.98 Å². The Morgan fingerprint density at radius 1 is 1.33 bits per heavy atom. The van der Waals surface area contributed by atoms with Crippen LogP contribution in [0.5, 0.6) is 5.75 Å². The van der Waals surface area contributed by atoms with Gasteiger partial charge in [0.05, 0.1) is 19.8 Å². The zero-order valence-electron chi connectivity index (χ0n) is 10.3. The van der Waals surface area contributed by atoms with Gasteiger partial charge < -0.3 is 19.3 Å². The Morgan fingerprint density at radius 3 is 2.89 bits per heavy atom. The van der Waals surface area contributed by atoms with Crippen molar-refractivity contribution in [3.05, 3.63) is 24.0 Å². The van der Waals surface area contributed by atoms with E-state index in [9.17, 15) is 4.79 Å². The van der Waals surface area contributed by atoms with Gasteiger partial charge in [-0.15, -0.1) is 0 Å². The molecule has 1 N–H and O–H groups in total. The lowest BCUT2D eigenvalue weighted by Gasteiger charge is -2.08. The number of nitrogens with zero attached hydrogens (tertiary/aromatic N) is 1. The van der Waals surface area contributed by atoms with Crippen LogP contribution >= 0.6 is 0 Å². The SMILES string of the molecule is COCCOCCCOc1ccncc1C(=O)O. The molecule has 1 heterocycles. The van der Waals surface area contributed by atoms with Crippen molar-refractivity contribution in [2.75, 3.05) is 33.5 Å². The van der Waals surface area contributed by atoms with Crippen molar-refractivity contribution in [1.29, 1.82) is 0 Å². The number of aromatic carboxylic acids is 1. The highest BCUT2D eigenvalue weighted by molar-refractivity contribution is 5.90. The molecule has 1 aromatic heterocycles. The van der Waals surface area contributed by atoms with Crippen LogP contribution in [0.25, 0.3) is 0 Å². The van der Waals surface area contributed by atoms with Gasteiger partial charge in [-0.25, -0.2) is 4.79 Å². The Balaban J connectivity index is 2.25. The van der Waals surface area contributed by atoms with Crippen LogP contribution in [-0.4, -0.2) is 49.6 Å². The minimum absolute atomic E-state index is 0.0674. The molecule has 0 saturated heterocycles. The third-order valence-corrected chi connectivity index (χ3v) is 2.13. The highest BCUT2D eigenvalue weighted by atomic mass is 16.5. The summed E-state index contributed by atoms with van der Waals surface area (Å²) < 4.78 is 15.5.